The van der Waals surface area contributed by atoms with E-state index in [9.17, 15) is 0 Å². The third kappa shape index (κ3) is 5.67. The molecule has 0 N–H and O–H groups in total. The highest BCUT2D eigenvalue weighted by Crippen LogP contribution is 2.43. The third-order valence-electron chi connectivity index (χ3n) is 11.8. The van der Waals surface area contributed by atoms with Gasteiger partial charge >= 0.3 is 0 Å². The van der Waals surface area contributed by atoms with Gasteiger partial charge in [0.2, 0.25) is 0 Å². The average molecular weight is 657 g/mol. The Morgan fingerprint density at radius 2 is 0.980 bits per heavy atom. The first-order chi connectivity index (χ1) is 24.6. The number of hydrogen-bond donors (Lipinski definition) is 0. The van der Waals surface area contributed by atoms with Gasteiger partial charge in [-0.05, 0) is 99.8 Å². The molecule has 2 heteroatoms. The van der Waals surface area contributed by atoms with Gasteiger partial charge in [0.25, 0.3) is 0 Å². The van der Waals surface area contributed by atoms with E-state index in [0.717, 1.165) is 13.1 Å². The summed E-state index contributed by atoms with van der Waals surface area (Å²) in [5, 5.41) is 10.7. The van der Waals surface area contributed by atoms with E-state index in [1.807, 2.05) is 0 Å². The number of fused-ring (bicyclic) bond motifs is 8. The summed E-state index contributed by atoms with van der Waals surface area (Å²) in [5.74, 6) is 1.38. The SMILES string of the molecule is CCCCC(CC)Cn1c2ccccc2c2cc(-c3c4ccccc4cc4cc5c(cc34)c3ccccc3n5CC(CC)CCCC)ccc21. The van der Waals surface area contributed by atoms with Gasteiger partial charge in [-0.3, -0.25) is 0 Å². The van der Waals surface area contributed by atoms with E-state index >= 15 is 0 Å². The van der Waals surface area contributed by atoms with E-state index in [-0.39, 0.29) is 0 Å². The van der Waals surface area contributed by atoms with Gasteiger partial charge in [-0.15, -0.1) is 0 Å². The van der Waals surface area contributed by atoms with Gasteiger partial charge < -0.3 is 9.13 Å². The molecule has 0 bridgehead atoms. The molecule has 2 atom stereocenters. The van der Waals surface area contributed by atoms with Gasteiger partial charge in [0.15, 0.2) is 0 Å². The van der Waals surface area contributed by atoms with Crippen molar-refractivity contribution in [2.75, 3.05) is 0 Å². The Morgan fingerprint density at radius 1 is 0.440 bits per heavy atom. The summed E-state index contributed by atoms with van der Waals surface area (Å²) in [5.41, 5.74) is 8.08. The monoisotopic (exact) mass is 656 g/mol. The Bertz CT molecular complexity index is 2450. The van der Waals surface area contributed by atoms with Crippen LogP contribution in [-0.4, -0.2) is 9.13 Å². The molecule has 0 aliphatic carbocycles. The molecule has 8 aromatic rings. The normalized spacial score (nSPS) is 13.4. The van der Waals surface area contributed by atoms with Crippen LogP contribution in [-0.2, 0) is 13.1 Å². The zero-order valence-corrected chi connectivity index (χ0v) is 30.5. The van der Waals surface area contributed by atoms with Crippen LogP contribution >= 0.6 is 0 Å². The Morgan fingerprint density at radius 3 is 1.60 bits per heavy atom. The van der Waals surface area contributed by atoms with Gasteiger partial charge in [0, 0.05) is 56.7 Å². The molecule has 0 fully saturated rings. The van der Waals surface area contributed by atoms with E-state index < -0.39 is 0 Å². The summed E-state index contributed by atoms with van der Waals surface area (Å²) < 4.78 is 5.25. The lowest BCUT2D eigenvalue weighted by atomic mass is 9.90. The van der Waals surface area contributed by atoms with E-state index in [1.54, 1.807) is 0 Å². The zero-order chi connectivity index (χ0) is 34.2. The van der Waals surface area contributed by atoms with E-state index in [2.05, 4.69) is 146 Å². The van der Waals surface area contributed by atoms with Crippen molar-refractivity contribution in [3.63, 3.8) is 0 Å². The van der Waals surface area contributed by atoms with Crippen molar-refractivity contribution >= 4 is 65.2 Å². The molecule has 0 aliphatic rings. The second-order valence-corrected chi connectivity index (χ2v) is 14.9. The first-order valence-electron chi connectivity index (χ1n) is 19.5. The summed E-state index contributed by atoms with van der Waals surface area (Å²) in [7, 11) is 0. The molecule has 8 rings (SSSR count). The number of nitrogens with zero attached hydrogens (tertiary/aromatic N) is 2. The Balaban J connectivity index is 1.36. The maximum Gasteiger partial charge on any atom is 0.0497 e. The molecular weight excluding hydrogens is 605 g/mol. The molecule has 6 aromatic carbocycles. The fourth-order valence-corrected chi connectivity index (χ4v) is 8.87. The predicted molar refractivity (Wildman–Crippen MR) is 220 cm³/mol. The van der Waals surface area contributed by atoms with Crippen LogP contribution in [0, 0.1) is 11.8 Å². The van der Waals surface area contributed by atoms with Crippen molar-refractivity contribution in [3.05, 3.63) is 109 Å². The van der Waals surface area contributed by atoms with Gasteiger partial charge in [-0.1, -0.05) is 133 Å². The first kappa shape index (κ1) is 32.6. The third-order valence-corrected chi connectivity index (χ3v) is 11.8. The van der Waals surface area contributed by atoms with Gasteiger partial charge in [0.1, 0.15) is 0 Å². The van der Waals surface area contributed by atoms with Crippen LogP contribution in [0.1, 0.15) is 79.1 Å². The molecule has 50 heavy (non-hydrogen) atoms. The second-order valence-electron chi connectivity index (χ2n) is 14.9. The second kappa shape index (κ2) is 14.0. The molecule has 2 nitrogen and oxygen atoms in total. The largest absolute Gasteiger partial charge is 0.340 e. The Hall–Kier alpha value is -4.56. The molecule has 0 saturated heterocycles. The highest BCUT2D eigenvalue weighted by molar-refractivity contribution is 6.20. The van der Waals surface area contributed by atoms with Crippen LogP contribution in [0.25, 0.3) is 76.3 Å². The molecule has 0 radical (unpaired) electrons. The van der Waals surface area contributed by atoms with Crippen molar-refractivity contribution in [1.29, 1.82) is 0 Å². The molecule has 2 aromatic heterocycles. The van der Waals surface area contributed by atoms with Crippen molar-refractivity contribution in [2.24, 2.45) is 11.8 Å². The molecule has 0 saturated carbocycles. The van der Waals surface area contributed by atoms with Gasteiger partial charge in [-0.2, -0.15) is 0 Å². The average Bonchev–Trinajstić information content (AvgIpc) is 3.63. The molecule has 2 unspecified atom stereocenters. The van der Waals surface area contributed by atoms with Gasteiger partial charge in [0.05, 0.1) is 0 Å². The van der Waals surface area contributed by atoms with Crippen molar-refractivity contribution < 1.29 is 0 Å². The number of benzene rings is 6. The minimum atomic E-state index is 0.685. The Labute approximate surface area is 297 Å². The fourth-order valence-electron chi connectivity index (χ4n) is 8.87. The molecule has 0 spiro atoms. The van der Waals surface area contributed by atoms with Crippen LogP contribution in [0.4, 0.5) is 0 Å². The highest BCUT2D eigenvalue weighted by Gasteiger charge is 2.20. The summed E-state index contributed by atoms with van der Waals surface area (Å²) in [6, 6.07) is 41.9. The minimum Gasteiger partial charge on any atom is -0.340 e. The number of para-hydroxylation sites is 2. The lowest BCUT2D eigenvalue weighted by molar-refractivity contribution is 0.401. The van der Waals surface area contributed by atoms with Crippen LogP contribution in [0.3, 0.4) is 0 Å². The van der Waals surface area contributed by atoms with Crippen LogP contribution in [0.5, 0.6) is 0 Å². The van der Waals surface area contributed by atoms with Crippen LogP contribution in [0.15, 0.2) is 109 Å². The standard InChI is InChI=1S/C48H52N2/c1-5-9-17-33(7-3)31-49-44-23-15-13-21-39(44)42-28-36(25-26-46(42)49)48-38-20-12-11-19-35(38)27-37-29-47-43(30-41(37)48)40-22-14-16-24-45(40)50(47)32-34(8-4)18-10-6-2/h11-16,19-30,33-34H,5-10,17-18,31-32H2,1-4H3. The van der Waals surface area contributed by atoms with Crippen LogP contribution < -0.4 is 0 Å². The summed E-state index contributed by atoms with van der Waals surface area (Å²) in [6.45, 7) is 11.5. The van der Waals surface area contributed by atoms with Crippen molar-refractivity contribution in [3.8, 4) is 11.1 Å². The number of aromatic nitrogens is 2. The van der Waals surface area contributed by atoms with Crippen molar-refractivity contribution in [1.82, 2.24) is 9.13 Å². The number of rotatable bonds is 13. The molecule has 0 amide bonds. The van der Waals surface area contributed by atoms with Crippen LogP contribution in [0.2, 0.25) is 0 Å². The first-order valence-corrected chi connectivity index (χ1v) is 19.5. The van der Waals surface area contributed by atoms with E-state index in [0.29, 0.717) is 11.8 Å². The quantitative estimate of drug-likeness (QED) is 0.109. The molecule has 254 valence electrons. The summed E-state index contributed by atoms with van der Waals surface area (Å²) in [4.78, 5) is 0. The topological polar surface area (TPSA) is 9.86 Å². The maximum absolute atomic E-state index is 2.63. The lowest BCUT2D eigenvalue weighted by Crippen LogP contribution is -2.10. The van der Waals surface area contributed by atoms with E-state index in [1.165, 1.54) is 128 Å². The fraction of sp³-hybridized carbons (Fsp3) is 0.333. The predicted octanol–water partition coefficient (Wildman–Crippen LogP) is 14.3. The molecule has 0 aliphatic heterocycles. The number of unbranched alkanes of at least 4 members (excludes halogenated alkanes) is 2. The summed E-state index contributed by atoms with van der Waals surface area (Å²) >= 11 is 0. The minimum absolute atomic E-state index is 0.685. The summed E-state index contributed by atoms with van der Waals surface area (Å²) in [6.07, 6.45) is 10.1. The Kier molecular flexibility index (Phi) is 9.13. The molecule has 2 heterocycles. The van der Waals surface area contributed by atoms with E-state index in [4.69, 9.17) is 0 Å². The lowest BCUT2D eigenvalue weighted by Gasteiger charge is -2.18. The zero-order valence-electron chi connectivity index (χ0n) is 30.5. The van der Waals surface area contributed by atoms with Crippen molar-refractivity contribution in [2.45, 2.75) is 92.2 Å². The smallest absolute Gasteiger partial charge is 0.0497 e. The maximum atomic E-state index is 2.63. The molecular formula is C48H52N2. The number of hydrogen-bond acceptors (Lipinski definition) is 0. The highest BCUT2D eigenvalue weighted by atomic mass is 15.0. The van der Waals surface area contributed by atoms with Gasteiger partial charge in [-0.25, -0.2) is 0 Å².